The number of fused-ring (bicyclic) bond motifs is 1. The van der Waals surface area contributed by atoms with Crippen molar-refractivity contribution in [3.8, 4) is 0 Å². The highest BCUT2D eigenvalue weighted by Crippen LogP contribution is 2.62. The fraction of sp³-hybridized carbons (Fsp3) is 0.710. The fourth-order valence-electron chi connectivity index (χ4n) is 6.92. The fourth-order valence-corrected chi connectivity index (χ4v) is 6.92. The van der Waals surface area contributed by atoms with Crippen LogP contribution in [0.5, 0.6) is 0 Å². The molecule has 0 aromatic heterocycles. The van der Waals surface area contributed by atoms with Crippen molar-refractivity contribution >= 4 is 30.0 Å². The molecule has 0 bridgehead atoms. The van der Waals surface area contributed by atoms with Crippen molar-refractivity contribution in [3.05, 3.63) is 23.8 Å². The van der Waals surface area contributed by atoms with Gasteiger partial charge >= 0.3 is 30.0 Å². The number of nitrogens with one attached hydrogen (secondary N) is 1. The Balaban J connectivity index is 1.77. The number of cyclic esters (lactones) is 1. The zero-order chi connectivity index (χ0) is 31.5. The van der Waals surface area contributed by atoms with Crippen LogP contribution in [0, 0.1) is 22.7 Å². The summed E-state index contributed by atoms with van der Waals surface area (Å²) in [6, 6.07) is 0. The zero-order valence-corrected chi connectivity index (χ0v) is 25.8. The molecule has 2 aliphatic carbocycles. The molecule has 2 saturated carbocycles. The monoisotopic (exact) mass is 591 g/mol. The Hall–Kier alpha value is -3.37. The predicted octanol–water partition coefficient (Wildman–Crippen LogP) is 4.18. The molecule has 3 rings (SSSR count). The van der Waals surface area contributed by atoms with Gasteiger partial charge in [-0.15, -0.1) is 0 Å². The van der Waals surface area contributed by atoms with Crippen LogP contribution in [0.4, 0.5) is 4.79 Å². The van der Waals surface area contributed by atoms with Crippen LogP contribution in [0.3, 0.4) is 0 Å². The summed E-state index contributed by atoms with van der Waals surface area (Å²) in [4.78, 5) is 60.6. The minimum Gasteiger partial charge on any atom is -0.465 e. The van der Waals surface area contributed by atoms with E-state index in [4.69, 9.17) is 23.7 Å². The molecular weight excluding hydrogens is 546 g/mol. The lowest BCUT2D eigenvalue weighted by atomic mass is 9.46. The molecule has 1 unspecified atom stereocenters. The van der Waals surface area contributed by atoms with E-state index in [1.807, 2.05) is 6.92 Å². The maximum atomic E-state index is 12.6. The first-order chi connectivity index (χ1) is 19.5. The van der Waals surface area contributed by atoms with Crippen LogP contribution in [-0.4, -0.2) is 67.5 Å². The first-order valence-electron chi connectivity index (χ1n) is 14.5. The van der Waals surface area contributed by atoms with Crippen LogP contribution >= 0.6 is 0 Å². The van der Waals surface area contributed by atoms with Gasteiger partial charge in [-0.3, -0.25) is 14.4 Å². The van der Waals surface area contributed by atoms with Gasteiger partial charge in [0.15, 0.2) is 6.10 Å². The van der Waals surface area contributed by atoms with Crippen LogP contribution in [0.25, 0.3) is 0 Å². The third kappa shape index (κ3) is 7.72. The van der Waals surface area contributed by atoms with Gasteiger partial charge in [0.2, 0.25) is 0 Å². The van der Waals surface area contributed by atoms with Crippen molar-refractivity contribution < 1.29 is 47.7 Å². The lowest BCUT2D eigenvalue weighted by molar-refractivity contribution is -0.191. The Morgan fingerprint density at radius 2 is 1.79 bits per heavy atom. The molecule has 0 radical (unpaired) electrons. The number of ether oxygens (including phenoxy) is 5. The Bertz CT molecular complexity index is 1140. The van der Waals surface area contributed by atoms with Crippen LogP contribution < -0.4 is 5.32 Å². The lowest BCUT2D eigenvalue weighted by Crippen LogP contribution is -2.58. The van der Waals surface area contributed by atoms with Crippen molar-refractivity contribution in [3.63, 3.8) is 0 Å². The van der Waals surface area contributed by atoms with Crippen molar-refractivity contribution in [1.29, 1.82) is 0 Å². The second-order valence-corrected chi connectivity index (χ2v) is 13.1. The summed E-state index contributed by atoms with van der Waals surface area (Å²) in [6.45, 7) is 16.0. The van der Waals surface area contributed by atoms with E-state index in [9.17, 15) is 24.0 Å². The summed E-state index contributed by atoms with van der Waals surface area (Å²) in [5, 5.41) is 2.35. The summed E-state index contributed by atoms with van der Waals surface area (Å²) in [5.74, 6) is -2.05. The third-order valence-corrected chi connectivity index (χ3v) is 8.78. The standard InChI is InChI=1S/C31H45NO10/c1-18-9-12-24-30(7,14-13-25(40-20(3)34)31(24,8)17-39-19(2)33)22(18)11-10-21-23(16-38-27(21)36)41-26(35)15-32-28(37)42-29(4,5)6/h10,22-25H,1,9,11-17H2,2-8H3,(H,32,37)/b21-10+/t22-,23+,24?,25+,30+,31-/m0/s1. The second kappa shape index (κ2) is 12.9. The number of rotatable bonds is 8. The average molecular weight is 592 g/mol. The van der Waals surface area contributed by atoms with E-state index >= 15 is 0 Å². The first kappa shape index (κ1) is 33.1. The Labute approximate surface area is 247 Å². The average Bonchev–Trinajstić information content (AvgIpc) is 3.20. The minimum atomic E-state index is -0.903. The van der Waals surface area contributed by atoms with Crippen molar-refractivity contribution in [1.82, 2.24) is 5.32 Å². The van der Waals surface area contributed by atoms with E-state index < -0.39 is 53.8 Å². The van der Waals surface area contributed by atoms with Gasteiger partial charge in [-0.05, 0) is 70.1 Å². The maximum Gasteiger partial charge on any atom is 0.408 e. The number of esters is 4. The summed E-state index contributed by atoms with van der Waals surface area (Å²) >= 11 is 0. The number of carbonyl (C=O) groups is 5. The normalized spacial score (nSPS) is 31.9. The molecule has 0 aromatic rings. The lowest BCUT2D eigenvalue weighted by Gasteiger charge is -2.60. The molecule has 11 nitrogen and oxygen atoms in total. The van der Waals surface area contributed by atoms with Crippen LogP contribution in [-0.2, 0) is 42.9 Å². The zero-order valence-electron chi connectivity index (χ0n) is 25.8. The number of allylic oxidation sites excluding steroid dienone is 2. The molecule has 6 atom stereocenters. The maximum absolute atomic E-state index is 12.6. The van der Waals surface area contributed by atoms with Crippen molar-refractivity contribution in [2.24, 2.45) is 22.7 Å². The van der Waals surface area contributed by atoms with Gasteiger partial charge in [0.25, 0.3) is 0 Å². The largest absolute Gasteiger partial charge is 0.465 e. The van der Waals surface area contributed by atoms with Gasteiger partial charge in [0.1, 0.15) is 31.5 Å². The molecular formula is C31H45NO10. The Morgan fingerprint density at radius 3 is 2.40 bits per heavy atom. The molecule has 0 aromatic carbocycles. The van der Waals surface area contributed by atoms with E-state index in [0.717, 1.165) is 24.8 Å². The van der Waals surface area contributed by atoms with E-state index in [0.29, 0.717) is 12.8 Å². The highest BCUT2D eigenvalue weighted by Gasteiger charge is 2.59. The number of hydrogen-bond acceptors (Lipinski definition) is 10. The molecule has 1 saturated heterocycles. The highest BCUT2D eigenvalue weighted by molar-refractivity contribution is 5.92. The second-order valence-electron chi connectivity index (χ2n) is 13.1. The summed E-state index contributed by atoms with van der Waals surface area (Å²) in [5.41, 5.74) is -0.319. The Morgan fingerprint density at radius 1 is 1.10 bits per heavy atom. The number of hydrogen-bond donors (Lipinski definition) is 1. The summed E-state index contributed by atoms with van der Waals surface area (Å²) in [7, 11) is 0. The number of amides is 1. The Kier molecular flexibility index (Phi) is 10.2. The van der Waals surface area contributed by atoms with Gasteiger partial charge in [0, 0.05) is 19.3 Å². The van der Waals surface area contributed by atoms with Crippen LogP contribution in [0.1, 0.15) is 80.6 Å². The van der Waals surface area contributed by atoms with E-state index in [1.165, 1.54) is 13.8 Å². The third-order valence-electron chi connectivity index (χ3n) is 8.78. The molecule has 0 spiro atoms. The molecule has 1 N–H and O–H groups in total. The van der Waals surface area contributed by atoms with E-state index in [2.05, 4.69) is 18.8 Å². The van der Waals surface area contributed by atoms with Crippen LogP contribution in [0.15, 0.2) is 23.8 Å². The molecule has 234 valence electrons. The molecule has 3 fully saturated rings. The van der Waals surface area contributed by atoms with Gasteiger partial charge in [-0.25, -0.2) is 9.59 Å². The van der Waals surface area contributed by atoms with Gasteiger partial charge < -0.3 is 29.0 Å². The summed E-state index contributed by atoms with van der Waals surface area (Å²) < 4.78 is 27.0. The molecule has 1 amide bonds. The van der Waals surface area contributed by atoms with Gasteiger partial charge in [0.05, 0.1) is 5.57 Å². The molecule has 11 heteroatoms. The predicted molar refractivity (Wildman–Crippen MR) is 151 cm³/mol. The van der Waals surface area contributed by atoms with E-state index in [-0.39, 0.29) is 42.0 Å². The van der Waals surface area contributed by atoms with Crippen LogP contribution in [0.2, 0.25) is 0 Å². The van der Waals surface area contributed by atoms with Gasteiger partial charge in [-0.2, -0.15) is 0 Å². The summed E-state index contributed by atoms with van der Waals surface area (Å²) in [6.07, 6.45) is 3.04. The van der Waals surface area contributed by atoms with Gasteiger partial charge in [-0.1, -0.05) is 32.1 Å². The number of carbonyl (C=O) groups excluding carboxylic acids is 5. The number of alkyl carbamates (subject to hydrolysis) is 1. The first-order valence-corrected chi connectivity index (χ1v) is 14.5. The minimum absolute atomic E-state index is 0.0303. The topological polar surface area (TPSA) is 144 Å². The van der Waals surface area contributed by atoms with Crippen molar-refractivity contribution in [2.45, 2.75) is 98.4 Å². The molecule has 1 aliphatic heterocycles. The molecule has 1 heterocycles. The smallest absolute Gasteiger partial charge is 0.408 e. The SMILES string of the molecule is C=C1CCC2[C@](C)(COC(C)=O)[C@H](OC(C)=O)CC[C@]2(C)[C@H]1C/C=C1/C(=O)OC[C@H]1OC(=O)CNC(=O)OC(C)(C)C. The quantitative estimate of drug-likeness (QED) is 0.189. The highest BCUT2D eigenvalue weighted by atomic mass is 16.6. The van der Waals surface area contributed by atoms with Crippen molar-refractivity contribution in [2.75, 3.05) is 19.8 Å². The molecule has 3 aliphatic rings. The van der Waals surface area contributed by atoms with E-state index in [1.54, 1.807) is 26.8 Å². The molecule has 42 heavy (non-hydrogen) atoms.